The van der Waals surface area contributed by atoms with Gasteiger partial charge in [-0.3, -0.25) is 4.79 Å². The molecule has 0 saturated heterocycles. The highest BCUT2D eigenvalue weighted by molar-refractivity contribution is 5.69. The smallest absolute Gasteiger partial charge is 0.397 e. The van der Waals surface area contributed by atoms with E-state index in [9.17, 15) is 18.0 Å². The first-order valence-electron chi connectivity index (χ1n) is 4.64. The molecule has 16 heavy (non-hydrogen) atoms. The van der Waals surface area contributed by atoms with Crippen LogP contribution in [-0.2, 0) is 19.0 Å². The van der Waals surface area contributed by atoms with Crippen molar-refractivity contribution < 1.29 is 32.2 Å². The highest BCUT2D eigenvalue weighted by Crippen LogP contribution is 2.33. The fourth-order valence-electron chi connectivity index (χ4n) is 1.19. The molecule has 0 aliphatic carbocycles. The lowest BCUT2D eigenvalue weighted by Gasteiger charge is -2.25. The highest BCUT2D eigenvalue weighted by atomic mass is 19.4. The first-order valence-corrected chi connectivity index (χ1v) is 4.64. The molecule has 0 heterocycles. The van der Waals surface area contributed by atoms with Crippen molar-refractivity contribution in [1.82, 2.24) is 0 Å². The molecular formula is C9H15F3O4. The molecule has 96 valence electrons. The Kier molecular flexibility index (Phi) is 6.35. The van der Waals surface area contributed by atoms with Gasteiger partial charge >= 0.3 is 12.1 Å². The lowest BCUT2D eigenvalue weighted by atomic mass is 10.0. The number of carbonyl (C=O) groups excluding carboxylic acids is 1. The lowest BCUT2D eigenvalue weighted by Crippen LogP contribution is -2.38. The molecule has 1 atom stereocenters. The van der Waals surface area contributed by atoms with Crippen molar-refractivity contribution in [3.05, 3.63) is 0 Å². The summed E-state index contributed by atoms with van der Waals surface area (Å²) in [5.74, 6) is -2.95. The number of esters is 1. The lowest BCUT2D eigenvalue weighted by molar-refractivity contribution is -0.255. The van der Waals surface area contributed by atoms with E-state index in [0.29, 0.717) is 0 Å². The van der Waals surface area contributed by atoms with Gasteiger partial charge in [0.2, 0.25) is 0 Å². The van der Waals surface area contributed by atoms with Crippen molar-refractivity contribution >= 4 is 5.97 Å². The summed E-state index contributed by atoms with van der Waals surface area (Å²) in [6.07, 6.45) is -6.91. The number of methoxy groups -OCH3 is 2. The zero-order valence-electron chi connectivity index (χ0n) is 9.34. The van der Waals surface area contributed by atoms with Gasteiger partial charge in [0, 0.05) is 14.2 Å². The zero-order valence-corrected chi connectivity index (χ0v) is 9.34. The predicted molar refractivity (Wildman–Crippen MR) is 48.6 cm³/mol. The first-order chi connectivity index (χ1) is 7.36. The van der Waals surface area contributed by atoms with E-state index in [1.165, 1.54) is 6.92 Å². The molecule has 0 aromatic rings. The fourth-order valence-corrected chi connectivity index (χ4v) is 1.19. The molecule has 0 saturated carbocycles. The third-order valence-corrected chi connectivity index (χ3v) is 1.91. The van der Waals surface area contributed by atoms with E-state index < -0.39 is 30.8 Å². The SMILES string of the molecule is CCOC(=O)C[C@@H](C(OC)OC)C(F)(F)F. The number of halogens is 3. The second-order valence-corrected chi connectivity index (χ2v) is 3.00. The monoisotopic (exact) mass is 244 g/mol. The second-order valence-electron chi connectivity index (χ2n) is 3.00. The predicted octanol–water partition coefficient (Wildman–Crippen LogP) is 1.74. The number of hydrogen-bond acceptors (Lipinski definition) is 4. The van der Waals surface area contributed by atoms with Crippen LogP contribution in [0.2, 0.25) is 0 Å². The average molecular weight is 244 g/mol. The van der Waals surface area contributed by atoms with E-state index >= 15 is 0 Å². The molecule has 0 radical (unpaired) electrons. The van der Waals surface area contributed by atoms with Crippen LogP contribution in [0.1, 0.15) is 13.3 Å². The van der Waals surface area contributed by atoms with E-state index in [4.69, 9.17) is 0 Å². The largest absolute Gasteiger partial charge is 0.466 e. The third kappa shape index (κ3) is 4.80. The van der Waals surface area contributed by atoms with E-state index in [0.717, 1.165) is 14.2 Å². The Morgan fingerprint density at radius 2 is 1.75 bits per heavy atom. The quantitative estimate of drug-likeness (QED) is 0.527. The van der Waals surface area contributed by atoms with Crippen LogP contribution < -0.4 is 0 Å². The number of ether oxygens (including phenoxy) is 3. The molecule has 0 spiro atoms. The molecule has 0 fully saturated rings. The number of rotatable bonds is 6. The van der Waals surface area contributed by atoms with Crippen molar-refractivity contribution in [3.63, 3.8) is 0 Å². The molecule has 0 amide bonds. The van der Waals surface area contributed by atoms with Crippen LogP contribution in [0.15, 0.2) is 0 Å². The van der Waals surface area contributed by atoms with Crippen LogP contribution in [0.4, 0.5) is 13.2 Å². The molecule has 0 aliphatic heterocycles. The van der Waals surface area contributed by atoms with Crippen molar-refractivity contribution in [1.29, 1.82) is 0 Å². The number of hydrogen-bond donors (Lipinski definition) is 0. The summed E-state index contributed by atoms with van der Waals surface area (Å²) in [4.78, 5) is 11.0. The summed E-state index contributed by atoms with van der Waals surface area (Å²) in [6, 6.07) is 0. The molecule has 4 nitrogen and oxygen atoms in total. The van der Waals surface area contributed by atoms with Crippen LogP contribution >= 0.6 is 0 Å². The molecular weight excluding hydrogens is 229 g/mol. The van der Waals surface area contributed by atoms with E-state index in [1.807, 2.05) is 0 Å². The number of carbonyl (C=O) groups is 1. The molecule has 0 aromatic carbocycles. The maximum Gasteiger partial charge on any atom is 0.397 e. The Bertz CT molecular complexity index is 213. The van der Waals surface area contributed by atoms with Crippen LogP contribution in [0, 0.1) is 5.92 Å². The zero-order chi connectivity index (χ0) is 12.8. The summed E-state index contributed by atoms with van der Waals surface area (Å²) in [5.41, 5.74) is 0. The highest BCUT2D eigenvalue weighted by Gasteiger charge is 2.47. The van der Waals surface area contributed by atoms with Crippen LogP contribution in [-0.4, -0.2) is 39.3 Å². The summed E-state index contributed by atoms with van der Waals surface area (Å²) < 4.78 is 51.2. The standard InChI is InChI=1S/C9H15F3O4/c1-4-16-7(13)5-6(9(10,11)12)8(14-2)15-3/h6,8H,4-5H2,1-3H3/t6-/m0/s1. The summed E-state index contributed by atoms with van der Waals surface area (Å²) in [6.45, 7) is 1.55. The third-order valence-electron chi connectivity index (χ3n) is 1.91. The molecule has 0 N–H and O–H groups in total. The van der Waals surface area contributed by atoms with E-state index in [2.05, 4.69) is 14.2 Å². The van der Waals surface area contributed by atoms with Gasteiger partial charge in [0.25, 0.3) is 0 Å². The Hall–Kier alpha value is -0.820. The van der Waals surface area contributed by atoms with Crippen LogP contribution in [0.25, 0.3) is 0 Å². The second kappa shape index (κ2) is 6.70. The maximum absolute atomic E-state index is 12.6. The van der Waals surface area contributed by atoms with Crippen LogP contribution in [0.3, 0.4) is 0 Å². The number of alkyl halides is 3. The minimum atomic E-state index is -4.58. The Morgan fingerprint density at radius 1 is 1.25 bits per heavy atom. The molecule has 0 aromatic heterocycles. The summed E-state index contributed by atoms with van der Waals surface area (Å²) in [7, 11) is 2.16. The first kappa shape index (κ1) is 15.2. The van der Waals surface area contributed by atoms with E-state index in [1.54, 1.807) is 0 Å². The summed E-state index contributed by atoms with van der Waals surface area (Å²) >= 11 is 0. The summed E-state index contributed by atoms with van der Waals surface area (Å²) in [5, 5.41) is 0. The molecule has 0 unspecified atom stereocenters. The van der Waals surface area contributed by atoms with Gasteiger partial charge in [-0.05, 0) is 6.92 Å². The molecule has 0 rings (SSSR count). The van der Waals surface area contributed by atoms with Gasteiger partial charge in [-0.15, -0.1) is 0 Å². The van der Waals surface area contributed by atoms with Crippen LogP contribution in [0.5, 0.6) is 0 Å². The minimum Gasteiger partial charge on any atom is -0.466 e. The van der Waals surface area contributed by atoms with Gasteiger partial charge in [-0.1, -0.05) is 0 Å². The fraction of sp³-hybridized carbons (Fsp3) is 0.889. The maximum atomic E-state index is 12.6. The molecule has 7 heteroatoms. The molecule has 0 aliphatic rings. The minimum absolute atomic E-state index is 0.0358. The Morgan fingerprint density at radius 3 is 2.06 bits per heavy atom. The van der Waals surface area contributed by atoms with Crippen molar-refractivity contribution in [2.45, 2.75) is 25.8 Å². The van der Waals surface area contributed by atoms with E-state index in [-0.39, 0.29) is 6.61 Å². The molecule has 0 bridgehead atoms. The van der Waals surface area contributed by atoms with Gasteiger partial charge in [0.1, 0.15) is 5.92 Å². The average Bonchev–Trinajstić information content (AvgIpc) is 2.17. The Balaban J connectivity index is 4.62. The van der Waals surface area contributed by atoms with Gasteiger partial charge < -0.3 is 14.2 Å². The van der Waals surface area contributed by atoms with Gasteiger partial charge in [-0.2, -0.15) is 13.2 Å². The van der Waals surface area contributed by atoms with Crippen molar-refractivity contribution in [3.8, 4) is 0 Å². The van der Waals surface area contributed by atoms with Gasteiger partial charge in [0.05, 0.1) is 13.0 Å². The Labute approximate surface area is 91.7 Å². The van der Waals surface area contributed by atoms with Gasteiger partial charge in [0.15, 0.2) is 6.29 Å². The van der Waals surface area contributed by atoms with Gasteiger partial charge in [-0.25, -0.2) is 0 Å². The topological polar surface area (TPSA) is 44.8 Å². The van der Waals surface area contributed by atoms with Crippen molar-refractivity contribution in [2.24, 2.45) is 5.92 Å². The normalized spacial score (nSPS) is 13.9. The van der Waals surface area contributed by atoms with Crippen molar-refractivity contribution in [2.75, 3.05) is 20.8 Å².